The lowest BCUT2D eigenvalue weighted by molar-refractivity contribution is -0.123. The SMILES string of the molecule is COc1ccccc1C1CC1C(=O)NC(C)C(C)CO. The fraction of sp³-hybridized carbons (Fsp3) is 0.562. The number of benzene rings is 1. The fourth-order valence-electron chi connectivity index (χ4n) is 2.43. The van der Waals surface area contributed by atoms with Crippen LogP contribution in [0.25, 0.3) is 0 Å². The Kier molecular flexibility index (Phi) is 4.65. The second kappa shape index (κ2) is 6.27. The van der Waals surface area contributed by atoms with Crippen LogP contribution < -0.4 is 10.1 Å². The van der Waals surface area contributed by atoms with Crippen LogP contribution in [0, 0.1) is 11.8 Å². The van der Waals surface area contributed by atoms with Crippen molar-refractivity contribution in [1.82, 2.24) is 5.32 Å². The van der Waals surface area contributed by atoms with Gasteiger partial charge < -0.3 is 15.2 Å². The van der Waals surface area contributed by atoms with Gasteiger partial charge in [0.15, 0.2) is 0 Å². The molecule has 0 aromatic heterocycles. The van der Waals surface area contributed by atoms with Crippen molar-refractivity contribution in [2.24, 2.45) is 11.8 Å². The van der Waals surface area contributed by atoms with Gasteiger partial charge in [-0.2, -0.15) is 0 Å². The highest BCUT2D eigenvalue weighted by Gasteiger charge is 2.45. The number of carbonyl (C=O) groups is 1. The average Bonchev–Trinajstić information content (AvgIpc) is 3.26. The minimum Gasteiger partial charge on any atom is -0.496 e. The third-order valence-electron chi connectivity index (χ3n) is 4.18. The van der Waals surface area contributed by atoms with Crippen molar-refractivity contribution in [1.29, 1.82) is 0 Å². The van der Waals surface area contributed by atoms with Gasteiger partial charge in [0.1, 0.15) is 5.75 Å². The van der Waals surface area contributed by atoms with E-state index in [1.54, 1.807) is 7.11 Å². The van der Waals surface area contributed by atoms with Crippen LogP contribution in [-0.2, 0) is 4.79 Å². The van der Waals surface area contributed by atoms with Gasteiger partial charge in [0.05, 0.1) is 7.11 Å². The molecule has 110 valence electrons. The van der Waals surface area contributed by atoms with E-state index in [0.29, 0.717) is 0 Å². The number of carbonyl (C=O) groups excluding carboxylic acids is 1. The molecule has 4 atom stereocenters. The Bertz CT molecular complexity index is 475. The second-order valence-corrected chi connectivity index (χ2v) is 5.65. The Morgan fingerprint density at radius 2 is 2.15 bits per heavy atom. The molecule has 1 saturated carbocycles. The maximum atomic E-state index is 12.2. The molecule has 4 unspecified atom stereocenters. The van der Waals surface area contributed by atoms with E-state index < -0.39 is 0 Å². The van der Waals surface area contributed by atoms with Crippen molar-refractivity contribution in [2.75, 3.05) is 13.7 Å². The number of rotatable bonds is 6. The van der Waals surface area contributed by atoms with E-state index in [4.69, 9.17) is 9.84 Å². The molecule has 2 rings (SSSR count). The second-order valence-electron chi connectivity index (χ2n) is 5.65. The van der Waals surface area contributed by atoms with Crippen molar-refractivity contribution >= 4 is 5.91 Å². The molecule has 1 amide bonds. The van der Waals surface area contributed by atoms with Crippen LogP contribution in [0.15, 0.2) is 24.3 Å². The Morgan fingerprint density at radius 1 is 1.45 bits per heavy atom. The van der Waals surface area contributed by atoms with Gasteiger partial charge in [-0.25, -0.2) is 0 Å². The van der Waals surface area contributed by atoms with E-state index in [9.17, 15) is 4.79 Å². The third kappa shape index (κ3) is 3.12. The summed E-state index contributed by atoms with van der Waals surface area (Å²) in [6.45, 7) is 3.94. The molecule has 1 aromatic rings. The van der Waals surface area contributed by atoms with Crippen LogP contribution in [0.3, 0.4) is 0 Å². The maximum Gasteiger partial charge on any atom is 0.223 e. The lowest BCUT2D eigenvalue weighted by Crippen LogP contribution is -2.39. The monoisotopic (exact) mass is 277 g/mol. The first-order valence-electron chi connectivity index (χ1n) is 7.12. The summed E-state index contributed by atoms with van der Waals surface area (Å²) in [4.78, 5) is 12.2. The lowest BCUT2D eigenvalue weighted by Gasteiger charge is -2.19. The number of methoxy groups -OCH3 is 1. The van der Waals surface area contributed by atoms with Crippen molar-refractivity contribution in [3.05, 3.63) is 29.8 Å². The molecule has 1 aromatic carbocycles. The first-order valence-corrected chi connectivity index (χ1v) is 7.12. The van der Waals surface area contributed by atoms with Gasteiger partial charge in [0, 0.05) is 18.6 Å². The quantitative estimate of drug-likeness (QED) is 0.835. The Labute approximate surface area is 120 Å². The largest absolute Gasteiger partial charge is 0.496 e. The van der Waals surface area contributed by atoms with Gasteiger partial charge in [-0.15, -0.1) is 0 Å². The van der Waals surface area contributed by atoms with E-state index in [0.717, 1.165) is 17.7 Å². The van der Waals surface area contributed by atoms with Gasteiger partial charge in [-0.3, -0.25) is 4.79 Å². The topological polar surface area (TPSA) is 58.6 Å². The number of hydrogen-bond donors (Lipinski definition) is 2. The lowest BCUT2D eigenvalue weighted by atomic mass is 10.0. The summed E-state index contributed by atoms with van der Waals surface area (Å²) in [6, 6.07) is 7.86. The van der Waals surface area contributed by atoms with Gasteiger partial charge in [0.2, 0.25) is 5.91 Å². The maximum absolute atomic E-state index is 12.2. The molecule has 2 N–H and O–H groups in total. The minimum absolute atomic E-state index is 0.00795. The standard InChI is InChI=1S/C16H23NO3/c1-10(9-18)11(2)17-16(19)14-8-13(14)12-6-4-5-7-15(12)20-3/h4-7,10-11,13-14,18H,8-9H2,1-3H3,(H,17,19). The van der Waals surface area contributed by atoms with Crippen molar-refractivity contribution < 1.29 is 14.6 Å². The van der Waals surface area contributed by atoms with Crippen LogP contribution in [0.1, 0.15) is 31.7 Å². The Hall–Kier alpha value is -1.55. The molecule has 1 aliphatic rings. The van der Waals surface area contributed by atoms with Crippen LogP contribution in [-0.4, -0.2) is 30.8 Å². The number of aliphatic hydroxyl groups excluding tert-OH is 1. The highest BCUT2D eigenvalue weighted by atomic mass is 16.5. The zero-order valence-electron chi connectivity index (χ0n) is 12.3. The first kappa shape index (κ1) is 14.9. The third-order valence-corrected chi connectivity index (χ3v) is 4.18. The summed E-state index contributed by atoms with van der Waals surface area (Å²) in [5.41, 5.74) is 1.11. The van der Waals surface area contributed by atoms with Crippen molar-refractivity contribution in [3.63, 3.8) is 0 Å². The van der Waals surface area contributed by atoms with Gasteiger partial charge in [0.25, 0.3) is 0 Å². The smallest absolute Gasteiger partial charge is 0.223 e. The predicted molar refractivity (Wildman–Crippen MR) is 77.7 cm³/mol. The van der Waals surface area contributed by atoms with Gasteiger partial charge in [-0.05, 0) is 36.8 Å². The van der Waals surface area contributed by atoms with Crippen LogP contribution in [0.5, 0.6) is 5.75 Å². The zero-order valence-corrected chi connectivity index (χ0v) is 12.3. The number of amides is 1. The molecule has 4 heteroatoms. The fourth-order valence-corrected chi connectivity index (χ4v) is 2.43. The summed E-state index contributed by atoms with van der Waals surface area (Å²) in [5.74, 6) is 1.28. The predicted octanol–water partition coefficient (Wildman–Crippen LogP) is 1.93. The number of para-hydroxylation sites is 1. The van der Waals surface area contributed by atoms with Crippen molar-refractivity contribution in [3.8, 4) is 5.75 Å². The molecular weight excluding hydrogens is 254 g/mol. The molecule has 0 aliphatic heterocycles. The van der Waals surface area contributed by atoms with Gasteiger partial charge in [-0.1, -0.05) is 25.1 Å². The van der Waals surface area contributed by atoms with Crippen LogP contribution in [0.4, 0.5) is 0 Å². The number of hydrogen-bond acceptors (Lipinski definition) is 3. The first-order chi connectivity index (χ1) is 9.58. The van der Waals surface area contributed by atoms with E-state index in [1.165, 1.54) is 0 Å². The number of nitrogens with one attached hydrogen (secondary N) is 1. The summed E-state index contributed by atoms with van der Waals surface area (Å²) >= 11 is 0. The number of aliphatic hydroxyl groups is 1. The van der Waals surface area contributed by atoms with E-state index >= 15 is 0 Å². The molecule has 1 aliphatic carbocycles. The molecule has 0 saturated heterocycles. The van der Waals surface area contributed by atoms with Crippen LogP contribution >= 0.6 is 0 Å². The highest BCUT2D eigenvalue weighted by molar-refractivity contribution is 5.83. The summed E-state index contributed by atoms with van der Waals surface area (Å²) in [7, 11) is 1.65. The molecule has 0 spiro atoms. The minimum atomic E-state index is -0.00795. The Balaban J connectivity index is 1.96. The van der Waals surface area contributed by atoms with Crippen molar-refractivity contribution in [2.45, 2.75) is 32.2 Å². The molecule has 1 fully saturated rings. The molecule has 0 radical (unpaired) electrons. The summed E-state index contributed by atoms with van der Waals surface area (Å²) < 4.78 is 5.35. The average molecular weight is 277 g/mol. The molecule has 0 heterocycles. The zero-order chi connectivity index (χ0) is 14.7. The molecule has 20 heavy (non-hydrogen) atoms. The van der Waals surface area contributed by atoms with E-state index in [2.05, 4.69) is 5.32 Å². The normalized spacial score (nSPS) is 23.8. The summed E-state index contributed by atoms with van der Waals surface area (Å²) in [5, 5.41) is 12.1. The van der Waals surface area contributed by atoms with E-state index in [1.807, 2.05) is 38.1 Å². The van der Waals surface area contributed by atoms with Crippen LogP contribution in [0.2, 0.25) is 0 Å². The summed E-state index contributed by atoms with van der Waals surface area (Å²) in [6.07, 6.45) is 0.867. The number of ether oxygens (including phenoxy) is 1. The van der Waals surface area contributed by atoms with Gasteiger partial charge >= 0.3 is 0 Å². The highest BCUT2D eigenvalue weighted by Crippen LogP contribution is 2.50. The molecule has 0 bridgehead atoms. The Morgan fingerprint density at radius 3 is 2.80 bits per heavy atom. The molecule has 4 nitrogen and oxygen atoms in total. The van der Waals surface area contributed by atoms with E-state index in [-0.39, 0.29) is 36.3 Å². The molecular formula is C16H23NO3.